The minimum Gasteiger partial charge on any atom is -0.369 e. The highest BCUT2D eigenvalue weighted by Gasteiger charge is 2.72. The van der Waals surface area contributed by atoms with Gasteiger partial charge in [0.05, 0.1) is 5.69 Å². The lowest BCUT2D eigenvalue weighted by Gasteiger charge is -2.34. The molecule has 2 aromatic rings. The highest BCUT2D eigenvalue weighted by molar-refractivity contribution is 7.86. The van der Waals surface area contributed by atoms with Gasteiger partial charge in [0.2, 0.25) is 5.91 Å². The molecular formula is C15H11F6NO5S. The monoisotopic (exact) mass is 431 g/mol. The number of nitrogens with one attached hydrogen (secondary N) is 1. The molecule has 0 aliphatic rings. The molecule has 0 bridgehead atoms. The van der Waals surface area contributed by atoms with Crippen molar-refractivity contribution in [1.29, 1.82) is 0 Å². The molecule has 154 valence electrons. The largest absolute Gasteiger partial charge is 0.430 e. The minimum absolute atomic E-state index is 0.163. The van der Waals surface area contributed by atoms with Crippen LogP contribution in [-0.4, -0.2) is 36.3 Å². The first kappa shape index (κ1) is 21.9. The lowest BCUT2D eigenvalue weighted by molar-refractivity contribution is -0.376. The SMILES string of the molecule is CC(=O)Nc1c(C(O)(C(F)(F)F)C(F)(F)F)cc(S(=O)(=O)O)c2ccccc12. The highest BCUT2D eigenvalue weighted by atomic mass is 32.2. The number of halogens is 6. The van der Waals surface area contributed by atoms with Gasteiger partial charge >= 0.3 is 12.4 Å². The second-order valence-electron chi connectivity index (χ2n) is 5.71. The molecule has 2 aromatic carbocycles. The quantitative estimate of drug-likeness (QED) is 0.511. The van der Waals surface area contributed by atoms with Crippen molar-refractivity contribution in [3.05, 3.63) is 35.9 Å². The van der Waals surface area contributed by atoms with Crippen LogP contribution < -0.4 is 5.32 Å². The third kappa shape index (κ3) is 3.52. The number of anilines is 1. The maximum Gasteiger partial charge on any atom is 0.430 e. The van der Waals surface area contributed by atoms with Crippen LogP contribution in [0.3, 0.4) is 0 Å². The fourth-order valence-corrected chi connectivity index (χ4v) is 3.34. The Kier molecular flexibility index (Phi) is 5.17. The Morgan fingerprint density at radius 1 is 1.00 bits per heavy atom. The molecule has 0 aromatic heterocycles. The Morgan fingerprint density at radius 2 is 1.46 bits per heavy atom. The number of amides is 1. The van der Waals surface area contributed by atoms with Crippen LogP contribution in [0.4, 0.5) is 32.0 Å². The molecule has 3 N–H and O–H groups in total. The minimum atomic E-state index is -6.35. The standard InChI is InChI=1S/C15H11F6NO5S/c1-7(23)22-12-9-5-3-2-4-8(9)11(28(25,26)27)6-10(12)13(24,14(16,17)18)15(19,20)21/h2-6,24H,1H3,(H,22,23)(H,25,26,27). The molecule has 0 atom stereocenters. The molecule has 0 unspecified atom stereocenters. The predicted molar refractivity (Wildman–Crippen MR) is 84.1 cm³/mol. The Bertz CT molecular complexity index is 1030. The van der Waals surface area contributed by atoms with Crippen molar-refractivity contribution in [2.75, 3.05) is 5.32 Å². The number of carbonyl (C=O) groups is 1. The Hall–Kier alpha value is -2.38. The summed E-state index contributed by atoms with van der Waals surface area (Å²) >= 11 is 0. The van der Waals surface area contributed by atoms with Crippen molar-refractivity contribution >= 4 is 32.5 Å². The third-order valence-corrected chi connectivity index (χ3v) is 4.69. The topological polar surface area (TPSA) is 104 Å². The van der Waals surface area contributed by atoms with Crippen LogP contribution >= 0.6 is 0 Å². The number of rotatable bonds is 3. The number of benzene rings is 2. The fourth-order valence-electron chi connectivity index (χ4n) is 2.62. The lowest BCUT2D eigenvalue weighted by Crippen LogP contribution is -2.54. The molecule has 0 fully saturated rings. The molecule has 0 saturated carbocycles. The zero-order chi connectivity index (χ0) is 21.7. The van der Waals surface area contributed by atoms with E-state index in [-0.39, 0.29) is 6.07 Å². The summed E-state index contributed by atoms with van der Waals surface area (Å²) in [4.78, 5) is 10.1. The summed E-state index contributed by atoms with van der Waals surface area (Å²) in [5, 5.41) is 10.4. The predicted octanol–water partition coefficient (Wildman–Crippen LogP) is 3.36. The van der Waals surface area contributed by atoms with Gasteiger partial charge in [0, 0.05) is 23.3 Å². The molecule has 1 amide bonds. The normalized spacial score (nSPS) is 13.6. The van der Waals surface area contributed by atoms with Gasteiger partial charge in [-0.3, -0.25) is 9.35 Å². The molecule has 0 aliphatic heterocycles. The van der Waals surface area contributed by atoms with Crippen LogP contribution in [0.2, 0.25) is 0 Å². The van der Waals surface area contributed by atoms with Crippen LogP contribution in [0.1, 0.15) is 12.5 Å². The van der Waals surface area contributed by atoms with E-state index < -0.39 is 60.9 Å². The van der Waals surface area contributed by atoms with Gasteiger partial charge in [0.25, 0.3) is 15.7 Å². The third-order valence-electron chi connectivity index (χ3n) is 3.80. The van der Waals surface area contributed by atoms with Crippen molar-refractivity contribution in [3.8, 4) is 0 Å². The fraction of sp³-hybridized carbons (Fsp3) is 0.267. The van der Waals surface area contributed by atoms with Crippen molar-refractivity contribution < 1.29 is 49.2 Å². The Balaban J connectivity index is 3.17. The smallest absolute Gasteiger partial charge is 0.369 e. The zero-order valence-electron chi connectivity index (χ0n) is 13.7. The van der Waals surface area contributed by atoms with E-state index in [0.29, 0.717) is 0 Å². The van der Waals surface area contributed by atoms with Crippen molar-refractivity contribution in [1.82, 2.24) is 0 Å². The molecule has 28 heavy (non-hydrogen) atoms. The molecule has 0 aliphatic carbocycles. The van der Waals surface area contributed by atoms with Gasteiger partial charge in [-0.2, -0.15) is 34.8 Å². The average molecular weight is 431 g/mol. The van der Waals surface area contributed by atoms with Crippen LogP contribution in [0.25, 0.3) is 10.8 Å². The lowest BCUT2D eigenvalue weighted by atomic mass is 9.88. The second kappa shape index (κ2) is 6.60. The van der Waals surface area contributed by atoms with E-state index >= 15 is 0 Å². The van der Waals surface area contributed by atoms with E-state index in [4.69, 9.17) is 0 Å². The number of alkyl halides is 6. The van der Waals surface area contributed by atoms with Crippen molar-refractivity contribution in [3.63, 3.8) is 0 Å². The summed E-state index contributed by atoms with van der Waals surface area (Å²) in [7, 11) is -5.31. The highest BCUT2D eigenvalue weighted by Crippen LogP contribution is 2.53. The number of hydrogen-bond acceptors (Lipinski definition) is 4. The average Bonchev–Trinajstić information content (AvgIpc) is 2.50. The number of fused-ring (bicyclic) bond motifs is 1. The van der Waals surface area contributed by atoms with E-state index in [1.807, 2.05) is 0 Å². The van der Waals surface area contributed by atoms with Crippen LogP contribution in [0.5, 0.6) is 0 Å². The summed E-state index contributed by atoms with van der Waals surface area (Å²) in [5.74, 6) is -1.09. The van der Waals surface area contributed by atoms with Crippen LogP contribution in [0, 0.1) is 0 Å². The van der Waals surface area contributed by atoms with E-state index in [1.54, 1.807) is 5.32 Å². The van der Waals surface area contributed by atoms with Gasteiger partial charge in [-0.15, -0.1) is 0 Å². The number of carbonyl (C=O) groups excluding carboxylic acids is 1. The van der Waals surface area contributed by atoms with Gasteiger partial charge in [0.1, 0.15) is 4.90 Å². The van der Waals surface area contributed by atoms with E-state index in [2.05, 4.69) is 0 Å². The van der Waals surface area contributed by atoms with Crippen LogP contribution in [-0.2, 0) is 20.5 Å². The van der Waals surface area contributed by atoms with Crippen LogP contribution in [0.15, 0.2) is 35.2 Å². The number of aliphatic hydroxyl groups is 1. The van der Waals surface area contributed by atoms with Gasteiger partial charge in [0.15, 0.2) is 0 Å². The zero-order valence-corrected chi connectivity index (χ0v) is 14.5. The molecule has 2 rings (SSSR count). The summed E-state index contributed by atoms with van der Waals surface area (Å²) in [6, 6.07) is 4.10. The first-order valence-electron chi connectivity index (χ1n) is 7.19. The first-order chi connectivity index (χ1) is 12.5. The van der Waals surface area contributed by atoms with E-state index in [1.165, 1.54) is 6.07 Å². The van der Waals surface area contributed by atoms with Gasteiger partial charge in [-0.05, 0) is 6.07 Å². The van der Waals surface area contributed by atoms with E-state index in [9.17, 15) is 49.2 Å². The summed E-state index contributed by atoms with van der Waals surface area (Å²) in [6.07, 6.45) is -12.7. The summed E-state index contributed by atoms with van der Waals surface area (Å²) in [6.45, 7) is 0.787. The molecule has 0 heterocycles. The molecule has 6 nitrogen and oxygen atoms in total. The Labute approximate surface area is 153 Å². The second-order valence-corrected chi connectivity index (χ2v) is 7.09. The van der Waals surface area contributed by atoms with Gasteiger partial charge < -0.3 is 10.4 Å². The molecule has 0 saturated heterocycles. The van der Waals surface area contributed by atoms with Crippen molar-refractivity contribution in [2.24, 2.45) is 0 Å². The maximum atomic E-state index is 13.3. The summed E-state index contributed by atoms with van der Waals surface area (Å²) in [5.41, 5.74) is -8.65. The van der Waals surface area contributed by atoms with Gasteiger partial charge in [-0.25, -0.2) is 0 Å². The first-order valence-corrected chi connectivity index (χ1v) is 8.63. The number of hydrogen-bond donors (Lipinski definition) is 3. The molecule has 0 radical (unpaired) electrons. The molecule has 0 spiro atoms. The molecule has 13 heteroatoms. The van der Waals surface area contributed by atoms with E-state index in [0.717, 1.165) is 25.1 Å². The summed E-state index contributed by atoms with van der Waals surface area (Å²) < 4.78 is 112. The van der Waals surface area contributed by atoms with Gasteiger partial charge in [-0.1, -0.05) is 24.3 Å². The maximum absolute atomic E-state index is 13.3. The molecular weight excluding hydrogens is 420 g/mol. The Morgan fingerprint density at radius 3 is 1.86 bits per heavy atom. The van der Waals surface area contributed by atoms with Crippen molar-refractivity contribution in [2.45, 2.75) is 29.8 Å².